The van der Waals surface area contributed by atoms with E-state index in [4.69, 9.17) is 13.9 Å². The van der Waals surface area contributed by atoms with E-state index in [1.165, 1.54) is 12.0 Å². The van der Waals surface area contributed by atoms with Gasteiger partial charge in [0.1, 0.15) is 17.1 Å². The van der Waals surface area contributed by atoms with Gasteiger partial charge in [0.05, 0.1) is 13.7 Å². The second-order valence-corrected chi connectivity index (χ2v) is 8.56. The zero-order chi connectivity index (χ0) is 22.7. The maximum atomic E-state index is 12.7. The molecule has 1 aromatic carbocycles. The predicted octanol–water partition coefficient (Wildman–Crippen LogP) is 4.46. The normalized spacial score (nSPS) is 17.2. The zero-order valence-electron chi connectivity index (χ0n) is 19.2. The molecule has 7 nitrogen and oxygen atoms in total. The summed E-state index contributed by atoms with van der Waals surface area (Å²) in [4.78, 5) is 26.2. The van der Waals surface area contributed by atoms with E-state index in [0.29, 0.717) is 38.3 Å². The lowest BCUT2D eigenvalue weighted by Gasteiger charge is -2.31. The van der Waals surface area contributed by atoms with Crippen molar-refractivity contribution in [1.29, 1.82) is 0 Å². The summed E-state index contributed by atoms with van der Waals surface area (Å²) in [5.41, 5.74) is 3.89. The summed E-state index contributed by atoms with van der Waals surface area (Å²) in [5, 5.41) is 4.20. The highest BCUT2D eigenvalue weighted by atomic mass is 16.6. The molecule has 0 spiro atoms. The molecule has 4 rings (SSSR count). The van der Waals surface area contributed by atoms with Gasteiger partial charge in [-0.2, -0.15) is 0 Å². The number of hydrogen-bond donors (Lipinski definition) is 1. The lowest BCUT2D eigenvalue weighted by molar-refractivity contribution is -0.117. The fourth-order valence-corrected chi connectivity index (χ4v) is 4.70. The Morgan fingerprint density at radius 2 is 1.97 bits per heavy atom. The van der Waals surface area contributed by atoms with Crippen LogP contribution >= 0.6 is 0 Å². The molecule has 0 unspecified atom stereocenters. The Bertz CT molecular complexity index is 1030. The summed E-state index contributed by atoms with van der Waals surface area (Å²) >= 11 is 0. The summed E-state index contributed by atoms with van der Waals surface area (Å²) in [6.45, 7) is 5.27. The number of carbonyl (C=O) groups is 2. The summed E-state index contributed by atoms with van der Waals surface area (Å²) in [6.07, 6.45) is 7.13. The van der Waals surface area contributed by atoms with Crippen molar-refractivity contribution in [3.05, 3.63) is 35.1 Å². The highest BCUT2D eigenvalue weighted by molar-refractivity contribution is 5.97. The van der Waals surface area contributed by atoms with E-state index in [1.807, 2.05) is 13.0 Å². The molecule has 7 heteroatoms. The third-order valence-electron chi connectivity index (χ3n) is 6.42. The average Bonchev–Trinajstić information content (AvgIpc) is 3.16. The number of allylic oxidation sites excluding steroid dienone is 1. The van der Waals surface area contributed by atoms with Crippen molar-refractivity contribution >= 4 is 28.5 Å². The maximum Gasteiger partial charge on any atom is 0.409 e. The molecule has 2 aliphatic rings. The molecule has 0 atom stereocenters. The van der Waals surface area contributed by atoms with E-state index >= 15 is 0 Å². The highest BCUT2D eigenvalue weighted by Gasteiger charge is 2.24. The van der Waals surface area contributed by atoms with Crippen molar-refractivity contribution in [3.8, 4) is 5.75 Å². The standard InChI is InChI=1S/C25H32N2O5/c1-4-31-25(29)27-11-9-17(10-12-27)26-24(28)13-16(2)19-14-20-18-7-5-6-8-21(18)32-23(20)15-22(19)30-3/h13-15,17H,4-12H2,1-3H3,(H,26,28)/b16-13+. The van der Waals surface area contributed by atoms with Crippen LogP contribution in [0.1, 0.15) is 56.4 Å². The number of furan rings is 1. The minimum absolute atomic E-state index is 0.0440. The molecule has 2 amide bonds. The number of hydrogen-bond acceptors (Lipinski definition) is 5. The second kappa shape index (κ2) is 9.67. The van der Waals surface area contributed by atoms with Crippen LogP contribution in [0.2, 0.25) is 0 Å². The van der Waals surface area contributed by atoms with Gasteiger partial charge in [0.25, 0.3) is 0 Å². The minimum atomic E-state index is -0.281. The van der Waals surface area contributed by atoms with Crippen LogP contribution in [0.15, 0.2) is 22.6 Å². The third kappa shape index (κ3) is 4.61. The first-order valence-electron chi connectivity index (χ1n) is 11.5. The summed E-state index contributed by atoms with van der Waals surface area (Å²) < 4.78 is 16.7. The Kier molecular flexibility index (Phi) is 6.72. The van der Waals surface area contributed by atoms with Crippen LogP contribution in [0, 0.1) is 0 Å². The van der Waals surface area contributed by atoms with Crippen molar-refractivity contribution in [2.75, 3.05) is 26.8 Å². The number of aryl methyl sites for hydroxylation is 2. The number of fused-ring (bicyclic) bond motifs is 3. The summed E-state index contributed by atoms with van der Waals surface area (Å²) in [6, 6.07) is 4.07. The first kappa shape index (κ1) is 22.2. The maximum absolute atomic E-state index is 12.7. The summed E-state index contributed by atoms with van der Waals surface area (Å²) in [7, 11) is 1.64. The Balaban J connectivity index is 1.46. The van der Waals surface area contributed by atoms with Gasteiger partial charge in [-0.25, -0.2) is 4.79 Å². The van der Waals surface area contributed by atoms with Gasteiger partial charge < -0.3 is 24.1 Å². The van der Waals surface area contributed by atoms with Crippen LogP contribution in [-0.2, 0) is 22.4 Å². The predicted molar refractivity (Wildman–Crippen MR) is 123 cm³/mol. The van der Waals surface area contributed by atoms with E-state index in [-0.39, 0.29) is 18.0 Å². The van der Waals surface area contributed by atoms with Crippen molar-refractivity contribution in [1.82, 2.24) is 10.2 Å². The van der Waals surface area contributed by atoms with Gasteiger partial charge in [-0.3, -0.25) is 4.79 Å². The van der Waals surface area contributed by atoms with Crippen molar-refractivity contribution < 1.29 is 23.5 Å². The number of nitrogens with one attached hydrogen (secondary N) is 1. The number of methoxy groups -OCH3 is 1. The molecule has 1 aromatic heterocycles. The van der Waals surface area contributed by atoms with Crippen LogP contribution in [0.25, 0.3) is 16.5 Å². The topological polar surface area (TPSA) is 81.0 Å². The number of benzene rings is 1. The van der Waals surface area contributed by atoms with E-state index in [2.05, 4.69) is 11.4 Å². The van der Waals surface area contributed by atoms with Gasteiger partial charge in [-0.1, -0.05) is 0 Å². The molecule has 1 fully saturated rings. The quantitative estimate of drug-likeness (QED) is 0.695. The third-order valence-corrected chi connectivity index (χ3v) is 6.42. The number of ether oxygens (including phenoxy) is 2. The number of amides is 2. The Hall–Kier alpha value is -2.96. The Morgan fingerprint density at radius 3 is 2.69 bits per heavy atom. The molecule has 0 saturated carbocycles. The molecule has 1 aliphatic heterocycles. The molecule has 32 heavy (non-hydrogen) atoms. The van der Waals surface area contributed by atoms with Crippen LogP contribution in [-0.4, -0.2) is 49.7 Å². The van der Waals surface area contributed by atoms with Gasteiger partial charge >= 0.3 is 6.09 Å². The minimum Gasteiger partial charge on any atom is -0.496 e. The van der Waals surface area contributed by atoms with Crippen molar-refractivity contribution in [2.24, 2.45) is 0 Å². The fourth-order valence-electron chi connectivity index (χ4n) is 4.70. The monoisotopic (exact) mass is 440 g/mol. The van der Waals surface area contributed by atoms with Crippen LogP contribution in [0.4, 0.5) is 4.79 Å². The zero-order valence-corrected chi connectivity index (χ0v) is 19.2. The van der Waals surface area contributed by atoms with Gasteiger partial charge in [0.15, 0.2) is 0 Å². The average molecular weight is 441 g/mol. The smallest absolute Gasteiger partial charge is 0.409 e. The number of nitrogens with zero attached hydrogens (tertiary/aromatic N) is 1. The molecule has 1 saturated heterocycles. The van der Waals surface area contributed by atoms with E-state index in [1.54, 1.807) is 25.0 Å². The molecule has 0 radical (unpaired) electrons. The Morgan fingerprint density at radius 1 is 1.22 bits per heavy atom. The molecule has 1 aliphatic carbocycles. The van der Waals surface area contributed by atoms with E-state index in [9.17, 15) is 9.59 Å². The summed E-state index contributed by atoms with van der Waals surface area (Å²) in [5.74, 6) is 1.65. The van der Waals surface area contributed by atoms with Crippen molar-refractivity contribution in [2.45, 2.75) is 58.4 Å². The molecule has 0 bridgehead atoms. The Labute approximate surface area is 188 Å². The number of likely N-dealkylation sites (tertiary alicyclic amines) is 1. The van der Waals surface area contributed by atoms with E-state index < -0.39 is 0 Å². The molecular formula is C25H32N2O5. The van der Waals surface area contributed by atoms with Gasteiger partial charge in [0, 0.05) is 54.2 Å². The van der Waals surface area contributed by atoms with Crippen LogP contribution < -0.4 is 10.1 Å². The van der Waals surface area contributed by atoms with Gasteiger partial charge in [-0.05, 0) is 57.6 Å². The number of rotatable bonds is 5. The molecule has 172 valence electrons. The fraction of sp³-hybridized carbons (Fsp3) is 0.520. The number of carbonyl (C=O) groups excluding carboxylic acids is 2. The van der Waals surface area contributed by atoms with Crippen molar-refractivity contribution in [3.63, 3.8) is 0 Å². The molecular weight excluding hydrogens is 408 g/mol. The van der Waals surface area contributed by atoms with Gasteiger partial charge in [-0.15, -0.1) is 0 Å². The first-order chi connectivity index (χ1) is 15.5. The highest BCUT2D eigenvalue weighted by Crippen LogP contribution is 2.37. The SMILES string of the molecule is CCOC(=O)N1CCC(NC(=O)/C=C(\C)c2cc3c4c(oc3cc2OC)CCCC4)CC1. The second-order valence-electron chi connectivity index (χ2n) is 8.56. The van der Waals surface area contributed by atoms with E-state index in [0.717, 1.165) is 47.1 Å². The first-order valence-corrected chi connectivity index (χ1v) is 11.5. The lowest BCUT2D eigenvalue weighted by atomic mass is 9.94. The largest absolute Gasteiger partial charge is 0.496 e. The van der Waals surface area contributed by atoms with Crippen LogP contribution in [0.5, 0.6) is 5.75 Å². The van der Waals surface area contributed by atoms with Crippen LogP contribution in [0.3, 0.4) is 0 Å². The lowest BCUT2D eigenvalue weighted by Crippen LogP contribution is -2.46. The number of piperidine rings is 1. The van der Waals surface area contributed by atoms with Gasteiger partial charge in [0.2, 0.25) is 5.91 Å². The molecule has 1 N–H and O–H groups in total. The molecule has 2 aromatic rings. The molecule has 2 heterocycles.